The second-order valence-electron chi connectivity index (χ2n) is 5.50. The normalized spacial score (nSPS) is 24.4. The molecule has 0 aromatic carbocycles. The number of nitrogens with zero attached hydrogens (tertiary/aromatic N) is 2. The van der Waals surface area contributed by atoms with E-state index in [-0.39, 0.29) is 37.1 Å². The molecule has 6 heteroatoms. The lowest BCUT2D eigenvalue weighted by molar-refractivity contribution is -0.151. The highest BCUT2D eigenvalue weighted by Gasteiger charge is 2.52. The van der Waals surface area contributed by atoms with Gasteiger partial charge in [-0.15, -0.1) is 6.42 Å². The number of amides is 3. The molecule has 1 saturated carbocycles. The van der Waals surface area contributed by atoms with Gasteiger partial charge in [-0.25, -0.2) is 9.69 Å². The Balaban J connectivity index is 1.87. The summed E-state index contributed by atoms with van der Waals surface area (Å²) in [6.07, 6.45) is 5.88. The van der Waals surface area contributed by atoms with Crippen LogP contribution in [0, 0.1) is 23.7 Å². The number of hydrogen-bond donors (Lipinski definition) is 0. The van der Waals surface area contributed by atoms with E-state index in [1.807, 2.05) is 13.8 Å². The van der Waals surface area contributed by atoms with Gasteiger partial charge in [0.25, 0.3) is 5.91 Å². The van der Waals surface area contributed by atoms with Gasteiger partial charge in [-0.3, -0.25) is 9.59 Å². The minimum absolute atomic E-state index is 0.0361. The first-order valence-electron chi connectivity index (χ1n) is 6.06. The summed E-state index contributed by atoms with van der Waals surface area (Å²) in [5.41, 5.74) is -0.0361. The number of carbonyl (C=O) groups is 3. The maximum absolute atomic E-state index is 11.8. The summed E-state index contributed by atoms with van der Waals surface area (Å²) in [4.78, 5) is 37.2. The second kappa shape index (κ2) is 4.57. The molecule has 102 valence electrons. The first-order valence-corrected chi connectivity index (χ1v) is 6.06. The highest BCUT2D eigenvalue weighted by Crippen LogP contribution is 2.52. The van der Waals surface area contributed by atoms with Crippen molar-refractivity contribution in [2.75, 3.05) is 19.8 Å². The highest BCUT2D eigenvalue weighted by molar-refractivity contribution is 6.02. The summed E-state index contributed by atoms with van der Waals surface area (Å²) >= 11 is 0. The fourth-order valence-electron chi connectivity index (χ4n) is 2.05. The van der Waals surface area contributed by atoms with Crippen LogP contribution < -0.4 is 0 Å². The van der Waals surface area contributed by atoms with E-state index in [9.17, 15) is 14.4 Å². The minimum atomic E-state index is -0.509. The number of hydrogen-bond acceptors (Lipinski definition) is 4. The predicted octanol–water partition coefficient (Wildman–Crippen LogP) is 0.431. The Morgan fingerprint density at radius 2 is 2.16 bits per heavy atom. The maximum Gasteiger partial charge on any atom is 0.330 e. The third kappa shape index (κ3) is 2.55. The van der Waals surface area contributed by atoms with Crippen molar-refractivity contribution in [3.05, 3.63) is 0 Å². The van der Waals surface area contributed by atoms with E-state index in [0.29, 0.717) is 0 Å². The van der Waals surface area contributed by atoms with E-state index < -0.39 is 11.9 Å². The Bertz CT molecular complexity index is 478. The molecule has 1 heterocycles. The molecule has 0 radical (unpaired) electrons. The third-order valence-electron chi connectivity index (χ3n) is 3.54. The maximum atomic E-state index is 11.8. The zero-order valence-corrected chi connectivity index (χ0v) is 11.0. The molecular formula is C13H16N2O4. The average Bonchev–Trinajstić information content (AvgIpc) is 2.89. The summed E-state index contributed by atoms with van der Waals surface area (Å²) in [6, 6.07) is -0.509. The van der Waals surface area contributed by atoms with Crippen molar-refractivity contribution >= 4 is 17.9 Å². The van der Waals surface area contributed by atoms with Crippen LogP contribution in [-0.2, 0) is 14.3 Å². The number of rotatable bonds is 4. The fourth-order valence-corrected chi connectivity index (χ4v) is 2.05. The van der Waals surface area contributed by atoms with Crippen molar-refractivity contribution in [2.24, 2.45) is 11.3 Å². The van der Waals surface area contributed by atoms with Gasteiger partial charge in [0.1, 0.15) is 6.54 Å². The first-order chi connectivity index (χ1) is 8.86. The Kier molecular flexibility index (Phi) is 3.23. The molecule has 2 rings (SSSR count). The van der Waals surface area contributed by atoms with Gasteiger partial charge in [0.15, 0.2) is 6.73 Å². The van der Waals surface area contributed by atoms with Crippen molar-refractivity contribution in [3.63, 3.8) is 0 Å². The lowest BCUT2D eigenvalue weighted by Crippen LogP contribution is -2.36. The molecule has 0 N–H and O–H groups in total. The fraction of sp³-hybridized carbons (Fsp3) is 0.615. The third-order valence-corrected chi connectivity index (χ3v) is 3.54. The van der Waals surface area contributed by atoms with Crippen LogP contribution in [0.15, 0.2) is 0 Å². The molecule has 1 saturated heterocycles. The Labute approximate surface area is 111 Å². The van der Waals surface area contributed by atoms with Crippen molar-refractivity contribution in [2.45, 2.75) is 20.3 Å². The van der Waals surface area contributed by atoms with E-state index in [1.165, 1.54) is 4.90 Å². The van der Waals surface area contributed by atoms with Gasteiger partial charge in [0.05, 0.1) is 12.5 Å². The molecule has 2 fully saturated rings. The van der Waals surface area contributed by atoms with Crippen molar-refractivity contribution < 1.29 is 19.1 Å². The number of ether oxygens (including phenoxy) is 1. The van der Waals surface area contributed by atoms with Gasteiger partial charge in [-0.1, -0.05) is 19.8 Å². The Morgan fingerprint density at radius 3 is 2.68 bits per heavy atom. The van der Waals surface area contributed by atoms with Crippen molar-refractivity contribution in [3.8, 4) is 12.3 Å². The van der Waals surface area contributed by atoms with E-state index in [2.05, 4.69) is 5.92 Å². The summed E-state index contributed by atoms with van der Waals surface area (Å²) in [5.74, 6) is 1.41. The van der Waals surface area contributed by atoms with Gasteiger partial charge in [0, 0.05) is 0 Å². The van der Waals surface area contributed by atoms with E-state index in [1.54, 1.807) is 0 Å². The molecule has 0 bridgehead atoms. The molecule has 1 aliphatic heterocycles. The number of terminal acetylenes is 1. The Hall–Kier alpha value is -2.03. The molecule has 3 amide bonds. The zero-order valence-electron chi connectivity index (χ0n) is 11.0. The summed E-state index contributed by atoms with van der Waals surface area (Å²) < 4.78 is 5.02. The second-order valence-corrected chi connectivity index (χ2v) is 5.50. The molecular weight excluding hydrogens is 248 g/mol. The molecule has 6 nitrogen and oxygen atoms in total. The van der Waals surface area contributed by atoms with Crippen molar-refractivity contribution in [1.29, 1.82) is 0 Å². The van der Waals surface area contributed by atoms with Crippen LogP contribution >= 0.6 is 0 Å². The predicted molar refractivity (Wildman–Crippen MR) is 65.5 cm³/mol. The standard InChI is InChI=1S/C13H16N2O4/c1-4-5-14-7-10(16)15(12(14)18)8-19-11(17)9-6-13(9,2)3/h1,9H,5-8H2,2-3H3/t9-/m0/s1. The van der Waals surface area contributed by atoms with Crippen LogP contribution in [0.2, 0.25) is 0 Å². The largest absolute Gasteiger partial charge is 0.443 e. The molecule has 2 aliphatic rings. The molecule has 0 aromatic rings. The van der Waals surface area contributed by atoms with Gasteiger partial charge < -0.3 is 9.64 Å². The van der Waals surface area contributed by atoms with Gasteiger partial charge in [-0.2, -0.15) is 0 Å². The molecule has 1 aliphatic carbocycles. The van der Waals surface area contributed by atoms with E-state index in [0.717, 1.165) is 11.3 Å². The summed E-state index contributed by atoms with van der Waals surface area (Å²) in [6.45, 7) is 3.63. The SMILES string of the molecule is C#CCN1CC(=O)N(COC(=O)[C@@H]2CC2(C)C)C1=O. The summed E-state index contributed by atoms with van der Waals surface area (Å²) in [5, 5.41) is 0. The number of imide groups is 1. The highest BCUT2D eigenvalue weighted by atomic mass is 16.5. The monoisotopic (exact) mass is 264 g/mol. The van der Waals surface area contributed by atoms with Crippen molar-refractivity contribution in [1.82, 2.24) is 9.80 Å². The van der Waals surface area contributed by atoms with Crippen LogP contribution in [0.25, 0.3) is 0 Å². The molecule has 0 aromatic heterocycles. The van der Waals surface area contributed by atoms with E-state index in [4.69, 9.17) is 11.2 Å². The van der Waals surface area contributed by atoms with Crippen LogP contribution in [-0.4, -0.2) is 47.5 Å². The molecule has 0 spiro atoms. The number of carbonyl (C=O) groups excluding carboxylic acids is 3. The molecule has 1 atom stereocenters. The van der Waals surface area contributed by atoms with Crippen LogP contribution in [0.3, 0.4) is 0 Å². The van der Waals surface area contributed by atoms with Crippen LogP contribution in [0.5, 0.6) is 0 Å². The molecule has 19 heavy (non-hydrogen) atoms. The lowest BCUT2D eigenvalue weighted by Gasteiger charge is -2.15. The quantitative estimate of drug-likeness (QED) is 0.419. The Morgan fingerprint density at radius 1 is 1.53 bits per heavy atom. The number of esters is 1. The van der Waals surface area contributed by atoms with Crippen LogP contribution in [0.1, 0.15) is 20.3 Å². The average molecular weight is 264 g/mol. The smallest absolute Gasteiger partial charge is 0.330 e. The minimum Gasteiger partial charge on any atom is -0.443 e. The molecule has 0 unspecified atom stereocenters. The van der Waals surface area contributed by atoms with Gasteiger partial charge >= 0.3 is 12.0 Å². The topological polar surface area (TPSA) is 66.9 Å². The van der Waals surface area contributed by atoms with Gasteiger partial charge in [-0.05, 0) is 11.8 Å². The number of urea groups is 1. The zero-order chi connectivity index (χ0) is 14.2. The van der Waals surface area contributed by atoms with Crippen LogP contribution in [0.4, 0.5) is 4.79 Å². The first kappa shape index (κ1) is 13.4. The summed E-state index contributed by atoms with van der Waals surface area (Å²) in [7, 11) is 0. The lowest BCUT2D eigenvalue weighted by atomic mass is 10.1. The van der Waals surface area contributed by atoms with E-state index >= 15 is 0 Å². The van der Waals surface area contributed by atoms with Gasteiger partial charge in [0.2, 0.25) is 0 Å².